The Kier molecular flexibility index (Phi) is 12.2. The topological polar surface area (TPSA) is 157 Å². The van der Waals surface area contributed by atoms with Gasteiger partial charge in [-0.05, 0) is 89.1 Å². The number of alkyl halides is 2. The molecule has 4 aromatic rings. The Morgan fingerprint density at radius 2 is 1.76 bits per heavy atom. The lowest BCUT2D eigenvalue weighted by atomic mass is 9.85. The molecule has 1 unspecified atom stereocenters. The van der Waals surface area contributed by atoms with Crippen molar-refractivity contribution in [2.75, 3.05) is 64.8 Å². The van der Waals surface area contributed by atoms with E-state index in [0.717, 1.165) is 107 Å². The minimum absolute atomic E-state index is 0.0140. The third-order valence-corrected chi connectivity index (χ3v) is 14.0. The molecule has 18 heteroatoms. The summed E-state index contributed by atoms with van der Waals surface area (Å²) in [6.07, 6.45) is 7.94. The molecule has 2 aliphatic carbocycles. The molecule has 0 spiro atoms. The molecule has 3 aromatic heterocycles. The van der Waals surface area contributed by atoms with Crippen molar-refractivity contribution < 1.29 is 27.9 Å². The molecule has 1 atom stereocenters. The van der Waals surface area contributed by atoms with Crippen molar-refractivity contribution in [1.82, 2.24) is 43.4 Å². The van der Waals surface area contributed by atoms with Crippen molar-refractivity contribution in [3.05, 3.63) is 57.9 Å². The van der Waals surface area contributed by atoms with Gasteiger partial charge in [0.2, 0.25) is 0 Å². The summed E-state index contributed by atoms with van der Waals surface area (Å²) < 4.78 is 40.6. The lowest BCUT2D eigenvalue weighted by Crippen LogP contribution is -2.45. The van der Waals surface area contributed by atoms with Crippen molar-refractivity contribution in [2.45, 2.75) is 102 Å². The Morgan fingerprint density at radius 3 is 2.50 bits per heavy atom. The molecule has 62 heavy (non-hydrogen) atoms. The van der Waals surface area contributed by atoms with E-state index in [1.807, 2.05) is 12.1 Å². The molecule has 9 rings (SSSR count). The highest BCUT2D eigenvalue weighted by atomic mass is 19.3. The summed E-state index contributed by atoms with van der Waals surface area (Å²) in [4.78, 5) is 63.5. The zero-order valence-electron chi connectivity index (χ0n) is 35.7. The smallest absolute Gasteiger partial charge is 0.329 e. The number of Topliss-reactive ketones (excluding diaryl/α,β-unsaturated/α-hetero) is 2. The zero-order chi connectivity index (χ0) is 43.1. The molecule has 332 valence electrons. The SMILES string of the molecule is CN(C[C@H]1CC[C@H](n2cc(NC(=O)c3cnn4c3N=C(N3CCOCC3)CC4)c(C(F)F)n2)CC1)C1CCN(CCc2cccc3c2n(C)c(=O)n3C2CCC(=O)CC2=O)CC1. The maximum Gasteiger partial charge on any atom is 0.329 e. The number of benzene rings is 1. The second-order valence-corrected chi connectivity index (χ2v) is 17.8. The minimum atomic E-state index is -2.85. The Balaban J connectivity index is 0.755. The van der Waals surface area contributed by atoms with Gasteiger partial charge in [-0.1, -0.05) is 12.1 Å². The summed E-state index contributed by atoms with van der Waals surface area (Å²) in [7, 11) is 3.98. The normalized spacial score (nSPS) is 23.1. The van der Waals surface area contributed by atoms with Gasteiger partial charge in [0.15, 0.2) is 17.3 Å². The van der Waals surface area contributed by atoms with Crippen LogP contribution in [0.1, 0.15) is 104 Å². The third kappa shape index (κ3) is 8.52. The summed E-state index contributed by atoms with van der Waals surface area (Å²) in [5.74, 6) is 1.03. The number of ketones is 2. The van der Waals surface area contributed by atoms with Crippen LogP contribution in [0.25, 0.3) is 11.0 Å². The number of morpholine rings is 1. The lowest BCUT2D eigenvalue weighted by molar-refractivity contribution is -0.132. The second-order valence-electron chi connectivity index (χ2n) is 17.8. The molecule has 16 nitrogen and oxygen atoms in total. The van der Waals surface area contributed by atoms with Crippen molar-refractivity contribution in [3.63, 3.8) is 0 Å². The number of anilines is 1. The highest BCUT2D eigenvalue weighted by Crippen LogP contribution is 2.36. The van der Waals surface area contributed by atoms with Gasteiger partial charge in [-0.3, -0.25) is 28.2 Å². The van der Waals surface area contributed by atoms with Gasteiger partial charge in [0.05, 0.1) is 61.2 Å². The van der Waals surface area contributed by atoms with Crippen LogP contribution in [0.5, 0.6) is 0 Å². The van der Waals surface area contributed by atoms with Crippen LogP contribution in [-0.4, -0.2) is 132 Å². The minimum Gasteiger partial charge on any atom is -0.378 e. The monoisotopic (exact) mass is 857 g/mol. The maximum atomic E-state index is 14.3. The highest BCUT2D eigenvalue weighted by molar-refractivity contribution is 6.08. The number of rotatable bonds is 11. The molecule has 0 bridgehead atoms. The second kappa shape index (κ2) is 18.0. The van der Waals surface area contributed by atoms with Crippen LogP contribution in [0.3, 0.4) is 0 Å². The molecule has 4 fully saturated rings. The number of aromatic nitrogens is 6. The number of ether oxygens (including phenoxy) is 1. The maximum absolute atomic E-state index is 14.3. The number of aryl methyl sites for hydroxylation is 2. The van der Waals surface area contributed by atoms with Crippen molar-refractivity contribution in [1.29, 1.82) is 0 Å². The molecule has 1 amide bonds. The molecular formula is C44H57F2N11O5. The zero-order valence-corrected chi connectivity index (χ0v) is 35.7. The van der Waals surface area contributed by atoms with Gasteiger partial charge in [-0.15, -0.1) is 0 Å². The van der Waals surface area contributed by atoms with Gasteiger partial charge in [0.25, 0.3) is 12.3 Å². The number of piperidine rings is 1. The Labute approximate surface area is 358 Å². The molecule has 1 aromatic carbocycles. The first-order chi connectivity index (χ1) is 30.0. The summed E-state index contributed by atoms with van der Waals surface area (Å²) in [6.45, 7) is 7.11. The van der Waals surface area contributed by atoms with Crippen LogP contribution in [0.15, 0.2) is 40.4 Å². The van der Waals surface area contributed by atoms with Crippen LogP contribution in [0, 0.1) is 5.92 Å². The molecule has 1 N–H and O–H groups in total. The van der Waals surface area contributed by atoms with E-state index in [-0.39, 0.29) is 41.0 Å². The first-order valence-electron chi connectivity index (χ1n) is 22.3. The summed E-state index contributed by atoms with van der Waals surface area (Å²) in [5.41, 5.74) is 2.31. The van der Waals surface area contributed by atoms with Crippen molar-refractivity contribution in [3.8, 4) is 0 Å². The van der Waals surface area contributed by atoms with E-state index in [9.17, 15) is 28.0 Å². The van der Waals surface area contributed by atoms with Gasteiger partial charge in [-0.25, -0.2) is 23.2 Å². The number of para-hydroxylation sites is 1. The fraction of sp³-hybridized carbons (Fsp3) is 0.614. The predicted molar refractivity (Wildman–Crippen MR) is 228 cm³/mol. The fourth-order valence-corrected chi connectivity index (χ4v) is 10.5. The number of aliphatic imine (C=N–C) groups is 1. The number of fused-ring (bicyclic) bond motifs is 2. The standard InChI is InChI=1S/C44H57F2N11O5/c1-51(30-13-17-53(18-14-30)16-12-29-4-3-5-36-40(29)52(2)44(61)57(36)35-11-10-32(58)24-37(35)59)26-28-6-8-31(9-7-28)56-27-34(39(50-56)41(45)46)48-43(60)33-25-47-55-19-15-38(49-42(33)55)54-20-22-62-23-21-54/h3-5,25,27-28,30-31,35,41H,6-24,26H2,1-2H3,(H,48,60)/t28-,31-,35?. The average molecular weight is 858 g/mol. The molecular weight excluding hydrogens is 801 g/mol. The number of carbonyl (C=O) groups excluding carboxylic acids is 3. The van der Waals surface area contributed by atoms with E-state index >= 15 is 0 Å². The van der Waals surface area contributed by atoms with Crippen LogP contribution in [0.2, 0.25) is 0 Å². The number of carbonyl (C=O) groups is 3. The number of nitrogens with zero attached hydrogens (tertiary/aromatic N) is 10. The first-order valence-corrected chi connectivity index (χ1v) is 22.3. The number of hydrogen-bond acceptors (Lipinski definition) is 11. The molecule has 2 saturated carbocycles. The van der Waals surface area contributed by atoms with Crippen molar-refractivity contribution >= 4 is 45.8 Å². The van der Waals surface area contributed by atoms with Gasteiger partial charge in [0.1, 0.15) is 17.2 Å². The lowest BCUT2D eigenvalue weighted by Gasteiger charge is -2.39. The van der Waals surface area contributed by atoms with Gasteiger partial charge in [-0.2, -0.15) is 10.2 Å². The predicted octanol–water partition coefficient (Wildman–Crippen LogP) is 4.92. The molecule has 3 aliphatic heterocycles. The largest absolute Gasteiger partial charge is 0.378 e. The van der Waals surface area contributed by atoms with Gasteiger partial charge >= 0.3 is 5.69 Å². The van der Waals surface area contributed by atoms with E-state index in [0.29, 0.717) is 56.8 Å². The van der Waals surface area contributed by atoms with Crippen molar-refractivity contribution in [2.24, 2.45) is 18.0 Å². The van der Waals surface area contributed by atoms with E-state index in [1.54, 1.807) is 31.7 Å². The quantitative estimate of drug-likeness (QED) is 0.206. The Hall–Kier alpha value is -5.07. The fourth-order valence-electron chi connectivity index (χ4n) is 10.5. The van der Waals surface area contributed by atoms with E-state index < -0.39 is 24.1 Å². The third-order valence-electron chi connectivity index (χ3n) is 14.0. The summed E-state index contributed by atoms with van der Waals surface area (Å²) >= 11 is 0. The average Bonchev–Trinajstić information content (AvgIpc) is 3.98. The molecule has 0 radical (unpaired) electrons. The van der Waals surface area contributed by atoms with Crippen LogP contribution >= 0.6 is 0 Å². The number of imidazole rings is 1. The Bertz CT molecular complexity index is 2400. The van der Waals surface area contributed by atoms with E-state index in [2.05, 4.69) is 43.3 Å². The molecule has 6 heterocycles. The summed E-state index contributed by atoms with van der Waals surface area (Å²) in [6, 6.07) is 5.79. The molecule has 2 saturated heterocycles. The first kappa shape index (κ1) is 42.2. The number of amidine groups is 1. The van der Waals surface area contributed by atoms with Gasteiger partial charge in [0, 0.05) is 58.3 Å². The van der Waals surface area contributed by atoms with Crippen LogP contribution < -0.4 is 11.0 Å². The molecule has 5 aliphatic rings. The van der Waals surface area contributed by atoms with E-state index in [4.69, 9.17) is 9.73 Å². The highest BCUT2D eigenvalue weighted by Gasteiger charge is 2.33. The number of nitrogens with one attached hydrogen (secondary N) is 1. The number of amides is 1. The summed E-state index contributed by atoms with van der Waals surface area (Å²) in [5, 5.41) is 11.4. The Morgan fingerprint density at radius 1 is 0.984 bits per heavy atom. The van der Waals surface area contributed by atoms with Crippen LogP contribution in [-0.2, 0) is 34.3 Å². The number of likely N-dealkylation sites (tertiary alicyclic amines) is 1. The van der Waals surface area contributed by atoms with E-state index in [1.165, 1.54) is 6.20 Å². The number of hydrogen-bond donors (Lipinski definition) is 1. The number of halogens is 2. The van der Waals surface area contributed by atoms with Gasteiger partial charge < -0.3 is 24.8 Å². The van der Waals surface area contributed by atoms with Crippen LogP contribution in [0.4, 0.5) is 20.3 Å².